The van der Waals surface area contributed by atoms with Gasteiger partial charge in [-0.25, -0.2) is 15.0 Å². The number of aromatic amines is 2. The van der Waals surface area contributed by atoms with Crippen LogP contribution in [0.15, 0.2) is 49.8 Å². The second kappa shape index (κ2) is 10.8. The Kier molecular flexibility index (Phi) is 6.89. The Hall–Kier alpha value is -4.37. The Morgan fingerprint density at radius 1 is 1.18 bits per heavy atom. The maximum atomic E-state index is 4.91. The van der Waals surface area contributed by atoms with Crippen LogP contribution in [0.1, 0.15) is 43.0 Å². The molecule has 1 aliphatic heterocycles. The van der Waals surface area contributed by atoms with Gasteiger partial charge in [-0.2, -0.15) is 5.10 Å². The van der Waals surface area contributed by atoms with Gasteiger partial charge in [0.2, 0.25) is 0 Å². The minimum Gasteiger partial charge on any atom is -0.336 e. The highest BCUT2D eigenvalue weighted by atomic mass is 15.2. The summed E-state index contributed by atoms with van der Waals surface area (Å²) in [6.45, 7) is 11.9. The molecular weight excluding hydrogens is 486 g/mol. The molecule has 39 heavy (non-hydrogen) atoms. The summed E-state index contributed by atoms with van der Waals surface area (Å²) in [4.78, 5) is 24.3. The quantitative estimate of drug-likeness (QED) is 0.325. The summed E-state index contributed by atoms with van der Waals surface area (Å²) in [5, 5.41) is 9.60. The van der Waals surface area contributed by atoms with Gasteiger partial charge in [-0.1, -0.05) is 12.7 Å². The Morgan fingerprint density at radius 2 is 2.05 bits per heavy atom. The summed E-state index contributed by atoms with van der Waals surface area (Å²) in [5.41, 5.74) is 6.40. The average Bonchev–Trinajstić information content (AvgIpc) is 3.75. The number of aryl methyl sites for hydroxylation is 2. The molecule has 6 rings (SSSR count). The second-order valence-corrected chi connectivity index (χ2v) is 10.1. The first-order chi connectivity index (χ1) is 19.1. The molecule has 0 aliphatic carbocycles. The van der Waals surface area contributed by atoms with E-state index in [2.05, 4.69) is 53.8 Å². The molecule has 0 saturated carbocycles. The SMILES string of the molecule is C=C(/C=c1/c(-c2nc3c(-n4cnc(C)c4)nccc3[nH]2)n[nH]/c1=C/C)c1cncc(CCCN2CCCC2)c1. The zero-order valence-electron chi connectivity index (χ0n) is 22.5. The lowest BCUT2D eigenvalue weighted by Crippen LogP contribution is -2.23. The molecular formula is C30H33N9. The number of H-pyrrole nitrogens is 2. The molecule has 0 atom stereocenters. The van der Waals surface area contributed by atoms with Crippen molar-refractivity contribution in [3.8, 4) is 17.3 Å². The number of imidazole rings is 2. The maximum Gasteiger partial charge on any atom is 0.166 e. The number of pyridine rings is 2. The molecule has 5 aromatic rings. The van der Waals surface area contributed by atoms with Crippen molar-refractivity contribution in [1.82, 2.24) is 44.6 Å². The lowest BCUT2D eigenvalue weighted by atomic mass is 10.0. The van der Waals surface area contributed by atoms with Crippen LogP contribution in [0.4, 0.5) is 0 Å². The van der Waals surface area contributed by atoms with Crippen molar-refractivity contribution in [3.05, 3.63) is 77.2 Å². The largest absolute Gasteiger partial charge is 0.336 e. The minimum absolute atomic E-state index is 0.660. The molecule has 0 unspecified atom stereocenters. The van der Waals surface area contributed by atoms with E-state index >= 15 is 0 Å². The number of rotatable bonds is 8. The van der Waals surface area contributed by atoms with E-state index in [0.717, 1.165) is 69.3 Å². The zero-order valence-corrected chi connectivity index (χ0v) is 22.5. The Bertz CT molecular complexity index is 1750. The van der Waals surface area contributed by atoms with Crippen molar-refractivity contribution in [3.63, 3.8) is 0 Å². The molecule has 198 valence electrons. The third-order valence-electron chi connectivity index (χ3n) is 7.31. The number of aromatic nitrogens is 8. The molecule has 1 aliphatic rings. The predicted octanol–water partition coefficient (Wildman–Crippen LogP) is 3.56. The second-order valence-electron chi connectivity index (χ2n) is 10.1. The van der Waals surface area contributed by atoms with E-state index < -0.39 is 0 Å². The monoisotopic (exact) mass is 519 g/mol. The minimum atomic E-state index is 0.660. The van der Waals surface area contributed by atoms with Crippen LogP contribution in [0.25, 0.3) is 46.1 Å². The van der Waals surface area contributed by atoms with Crippen LogP contribution in [0.3, 0.4) is 0 Å². The summed E-state index contributed by atoms with van der Waals surface area (Å²) in [6, 6.07) is 4.12. The number of nitrogens with zero attached hydrogens (tertiary/aromatic N) is 7. The van der Waals surface area contributed by atoms with Gasteiger partial charge in [-0.05, 0) is 94.1 Å². The van der Waals surface area contributed by atoms with E-state index in [1.807, 2.05) is 49.1 Å². The summed E-state index contributed by atoms with van der Waals surface area (Å²) < 4.78 is 1.89. The predicted molar refractivity (Wildman–Crippen MR) is 154 cm³/mol. The third kappa shape index (κ3) is 5.18. The summed E-state index contributed by atoms with van der Waals surface area (Å²) in [5.74, 6) is 1.38. The van der Waals surface area contributed by atoms with E-state index in [-0.39, 0.29) is 0 Å². The van der Waals surface area contributed by atoms with Crippen LogP contribution in [0, 0.1) is 6.92 Å². The summed E-state index contributed by atoms with van der Waals surface area (Å²) in [6.07, 6.45) is 18.2. The lowest BCUT2D eigenvalue weighted by Gasteiger charge is -2.14. The van der Waals surface area contributed by atoms with E-state index in [0.29, 0.717) is 5.82 Å². The Morgan fingerprint density at radius 3 is 2.85 bits per heavy atom. The van der Waals surface area contributed by atoms with Gasteiger partial charge < -0.3 is 9.88 Å². The molecule has 0 aromatic carbocycles. The highest BCUT2D eigenvalue weighted by Gasteiger charge is 2.15. The zero-order chi connectivity index (χ0) is 26.8. The smallest absolute Gasteiger partial charge is 0.166 e. The fraction of sp³-hybridized carbons (Fsp3) is 0.300. The molecule has 0 amide bonds. The Balaban J connectivity index is 1.31. The van der Waals surface area contributed by atoms with E-state index in [9.17, 15) is 0 Å². The summed E-state index contributed by atoms with van der Waals surface area (Å²) in [7, 11) is 0. The van der Waals surface area contributed by atoms with E-state index in [1.54, 1.807) is 12.5 Å². The van der Waals surface area contributed by atoms with Crippen LogP contribution in [-0.2, 0) is 6.42 Å². The highest BCUT2D eigenvalue weighted by Crippen LogP contribution is 2.22. The maximum absolute atomic E-state index is 4.91. The number of allylic oxidation sites excluding steroid dienone is 1. The van der Waals surface area contributed by atoms with Crippen molar-refractivity contribution in [2.24, 2.45) is 0 Å². The van der Waals surface area contributed by atoms with Gasteiger partial charge in [-0.3, -0.25) is 14.6 Å². The van der Waals surface area contributed by atoms with Gasteiger partial charge in [0.15, 0.2) is 11.6 Å². The fourth-order valence-electron chi connectivity index (χ4n) is 5.24. The number of hydrogen-bond donors (Lipinski definition) is 2. The molecule has 5 aromatic heterocycles. The number of likely N-dealkylation sites (tertiary alicyclic amines) is 1. The van der Waals surface area contributed by atoms with Gasteiger partial charge in [0.1, 0.15) is 17.5 Å². The molecule has 0 spiro atoms. The van der Waals surface area contributed by atoms with Gasteiger partial charge in [0.25, 0.3) is 0 Å². The van der Waals surface area contributed by atoms with Gasteiger partial charge >= 0.3 is 0 Å². The first-order valence-electron chi connectivity index (χ1n) is 13.5. The van der Waals surface area contributed by atoms with Crippen molar-refractivity contribution >= 4 is 28.8 Å². The molecule has 0 bridgehead atoms. The first-order valence-corrected chi connectivity index (χ1v) is 13.5. The van der Waals surface area contributed by atoms with Crippen LogP contribution < -0.4 is 10.6 Å². The van der Waals surface area contributed by atoms with Crippen molar-refractivity contribution in [1.29, 1.82) is 0 Å². The topological polar surface area (TPSA) is 104 Å². The number of hydrogen-bond acceptors (Lipinski definition) is 6. The van der Waals surface area contributed by atoms with Crippen molar-refractivity contribution in [2.75, 3.05) is 19.6 Å². The molecule has 6 heterocycles. The normalized spacial score (nSPS) is 15.1. The van der Waals surface area contributed by atoms with Crippen LogP contribution in [-0.4, -0.2) is 64.2 Å². The van der Waals surface area contributed by atoms with Gasteiger partial charge in [0.05, 0.1) is 16.6 Å². The molecule has 9 heteroatoms. The molecule has 1 fully saturated rings. The fourth-order valence-corrected chi connectivity index (χ4v) is 5.24. The van der Waals surface area contributed by atoms with Crippen LogP contribution in [0.2, 0.25) is 0 Å². The van der Waals surface area contributed by atoms with Crippen LogP contribution in [0.5, 0.6) is 0 Å². The molecule has 2 N–H and O–H groups in total. The number of fused-ring (bicyclic) bond motifs is 1. The first kappa shape index (κ1) is 24.9. The lowest BCUT2D eigenvalue weighted by molar-refractivity contribution is 0.334. The number of nitrogens with one attached hydrogen (secondary N) is 2. The Labute approximate surface area is 227 Å². The van der Waals surface area contributed by atoms with E-state index in [4.69, 9.17) is 4.98 Å². The van der Waals surface area contributed by atoms with Crippen LogP contribution >= 0.6 is 0 Å². The molecule has 1 saturated heterocycles. The van der Waals surface area contributed by atoms with Crippen molar-refractivity contribution in [2.45, 2.75) is 39.5 Å². The summed E-state index contributed by atoms with van der Waals surface area (Å²) >= 11 is 0. The van der Waals surface area contributed by atoms with E-state index in [1.165, 1.54) is 31.5 Å². The van der Waals surface area contributed by atoms with Gasteiger partial charge in [0, 0.05) is 30.0 Å². The average molecular weight is 520 g/mol. The molecule has 9 nitrogen and oxygen atoms in total. The third-order valence-corrected chi connectivity index (χ3v) is 7.31. The van der Waals surface area contributed by atoms with Crippen molar-refractivity contribution < 1.29 is 0 Å². The highest BCUT2D eigenvalue weighted by molar-refractivity contribution is 5.89. The standard InChI is InChI=1S/C30H33N9/c1-4-25-24(14-20(2)23-15-22(16-31-17-23)8-7-13-38-11-5-6-12-38)27(37-36-25)29-34-26-9-10-32-30(28(26)35-29)39-18-21(3)33-19-39/h4,9-10,14-19,36H,2,5-8,11-13H2,1,3H3,(H,34,35)/b24-14+,25-4+. The van der Waals surface area contributed by atoms with Gasteiger partial charge in [-0.15, -0.1) is 0 Å². The molecule has 0 radical (unpaired) electrons.